The van der Waals surface area contributed by atoms with Gasteiger partial charge < -0.3 is 9.47 Å². The van der Waals surface area contributed by atoms with E-state index in [-0.39, 0.29) is 5.78 Å². The highest BCUT2D eigenvalue weighted by atomic mass is 16.5. The van der Waals surface area contributed by atoms with Crippen LogP contribution in [-0.2, 0) is 4.79 Å². The molecule has 1 aromatic rings. The summed E-state index contributed by atoms with van der Waals surface area (Å²) >= 11 is 0. The van der Waals surface area contributed by atoms with E-state index in [9.17, 15) is 4.79 Å². The van der Waals surface area contributed by atoms with Gasteiger partial charge in [-0.05, 0) is 64.0 Å². The van der Waals surface area contributed by atoms with E-state index in [0.717, 1.165) is 35.7 Å². The Morgan fingerprint density at radius 3 is 2.35 bits per heavy atom. The van der Waals surface area contributed by atoms with Gasteiger partial charge in [-0.25, -0.2) is 0 Å². The van der Waals surface area contributed by atoms with Crippen molar-refractivity contribution >= 4 is 5.78 Å². The fraction of sp³-hybridized carbons (Fsp3) is 0.350. The largest absolute Gasteiger partial charge is 0.497 e. The van der Waals surface area contributed by atoms with Crippen LogP contribution in [0.3, 0.4) is 0 Å². The summed E-state index contributed by atoms with van der Waals surface area (Å²) in [5, 5.41) is 0. The Labute approximate surface area is 138 Å². The van der Waals surface area contributed by atoms with Crippen LogP contribution in [-0.4, -0.2) is 12.9 Å². The van der Waals surface area contributed by atoms with Crippen molar-refractivity contribution in [3.05, 3.63) is 58.9 Å². The minimum atomic E-state index is 0.204. The molecule has 1 aliphatic rings. The summed E-state index contributed by atoms with van der Waals surface area (Å²) in [5.41, 5.74) is 3.36. The highest BCUT2D eigenvalue weighted by Gasteiger charge is 2.24. The highest BCUT2D eigenvalue weighted by Crippen LogP contribution is 2.30. The Hall–Kier alpha value is -2.29. The predicted molar refractivity (Wildman–Crippen MR) is 92.7 cm³/mol. The first-order valence-corrected chi connectivity index (χ1v) is 7.88. The van der Waals surface area contributed by atoms with Crippen LogP contribution in [0.1, 0.15) is 40.0 Å². The number of carbonyl (C=O) groups is 1. The molecule has 0 aromatic heterocycles. The molecule has 2 rings (SSSR count). The van der Waals surface area contributed by atoms with Gasteiger partial charge in [0.25, 0.3) is 0 Å². The van der Waals surface area contributed by atoms with Crippen molar-refractivity contribution in [1.82, 2.24) is 0 Å². The van der Waals surface area contributed by atoms with Crippen LogP contribution < -0.4 is 9.47 Å². The lowest BCUT2D eigenvalue weighted by Gasteiger charge is -2.20. The number of ether oxygens (including phenoxy) is 2. The summed E-state index contributed by atoms with van der Waals surface area (Å²) in [5.74, 6) is 2.45. The topological polar surface area (TPSA) is 35.5 Å². The van der Waals surface area contributed by atoms with E-state index in [2.05, 4.69) is 19.9 Å². The molecule has 0 fully saturated rings. The maximum absolute atomic E-state index is 11.8. The van der Waals surface area contributed by atoms with E-state index in [1.165, 1.54) is 11.1 Å². The van der Waals surface area contributed by atoms with E-state index in [1.54, 1.807) is 7.11 Å². The molecular formula is C20H24O3. The second-order valence-corrected chi connectivity index (χ2v) is 5.97. The van der Waals surface area contributed by atoms with Crippen LogP contribution >= 0.6 is 0 Å². The van der Waals surface area contributed by atoms with Crippen molar-refractivity contribution < 1.29 is 14.3 Å². The third-order valence-electron chi connectivity index (χ3n) is 3.74. The molecule has 0 saturated heterocycles. The molecule has 23 heavy (non-hydrogen) atoms. The van der Waals surface area contributed by atoms with Crippen molar-refractivity contribution in [1.29, 1.82) is 0 Å². The number of Topliss-reactive ketones (excluding diaryl/α,β-unsaturated/α-hetero) is 1. The third-order valence-corrected chi connectivity index (χ3v) is 3.74. The summed E-state index contributed by atoms with van der Waals surface area (Å²) in [7, 11) is 1.63. The van der Waals surface area contributed by atoms with Crippen molar-refractivity contribution in [2.24, 2.45) is 0 Å². The number of ketones is 1. The van der Waals surface area contributed by atoms with Gasteiger partial charge in [0.15, 0.2) is 5.78 Å². The minimum absolute atomic E-state index is 0.204. The van der Waals surface area contributed by atoms with Gasteiger partial charge in [-0.1, -0.05) is 17.2 Å². The molecule has 3 heteroatoms. The molecule has 0 N–H and O–H groups in total. The van der Waals surface area contributed by atoms with Crippen molar-refractivity contribution in [3.63, 3.8) is 0 Å². The highest BCUT2D eigenvalue weighted by molar-refractivity contribution is 6.07. The Balaban J connectivity index is 2.02. The molecule has 1 aromatic carbocycles. The molecule has 0 bridgehead atoms. The molecule has 0 spiro atoms. The van der Waals surface area contributed by atoms with Gasteiger partial charge in [-0.2, -0.15) is 0 Å². The Kier molecular flexibility index (Phi) is 5.80. The standard InChI is InChI=1S/C20H24O3/c1-14(2)6-5-7-16-13-20(21)19(16)12-15(3)23-18-10-8-17(22-4)9-11-18/h6,8-12H,5,7,13H2,1-4H3/b15-12-. The van der Waals surface area contributed by atoms with Crippen LogP contribution in [0, 0.1) is 0 Å². The lowest BCUT2D eigenvalue weighted by atomic mass is 9.83. The van der Waals surface area contributed by atoms with E-state index in [4.69, 9.17) is 9.47 Å². The second-order valence-electron chi connectivity index (χ2n) is 5.97. The van der Waals surface area contributed by atoms with Crippen LogP contribution in [0.15, 0.2) is 58.9 Å². The fourth-order valence-electron chi connectivity index (χ4n) is 2.48. The third kappa shape index (κ3) is 4.85. The normalized spacial score (nSPS) is 14.4. The van der Waals surface area contributed by atoms with Crippen LogP contribution in [0.4, 0.5) is 0 Å². The first kappa shape index (κ1) is 17.1. The van der Waals surface area contributed by atoms with Crippen LogP contribution in [0.2, 0.25) is 0 Å². The number of allylic oxidation sites excluding steroid dienone is 6. The van der Waals surface area contributed by atoms with Crippen LogP contribution in [0.25, 0.3) is 0 Å². The summed E-state index contributed by atoms with van der Waals surface area (Å²) in [6.07, 6.45) is 6.57. The number of hydrogen-bond acceptors (Lipinski definition) is 3. The molecule has 0 aliphatic heterocycles. The zero-order valence-electron chi connectivity index (χ0n) is 14.3. The maximum atomic E-state index is 11.8. The Morgan fingerprint density at radius 1 is 1.13 bits per heavy atom. The molecule has 0 saturated carbocycles. The maximum Gasteiger partial charge on any atom is 0.167 e. The van der Waals surface area contributed by atoms with E-state index >= 15 is 0 Å². The Morgan fingerprint density at radius 2 is 1.78 bits per heavy atom. The van der Waals surface area contributed by atoms with Gasteiger partial charge >= 0.3 is 0 Å². The van der Waals surface area contributed by atoms with Crippen molar-refractivity contribution in [3.8, 4) is 11.5 Å². The Bertz CT molecular complexity index is 657. The number of hydrogen-bond donors (Lipinski definition) is 0. The predicted octanol–water partition coefficient (Wildman–Crippen LogP) is 4.99. The van der Waals surface area contributed by atoms with Gasteiger partial charge in [-0.15, -0.1) is 0 Å². The average molecular weight is 312 g/mol. The zero-order valence-corrected chi connectivity index (χ0v) is 14.3. The van der Waals surface area contributed by atoms with Gasteiger partial charge in [0.2, 0.25) is 0 Å². The molecule has 122 valence electrons. The average Bonchev–Trinajstić information content (AvgIpc) is 2.52. The number of rotatable bonds is 7. The van der Waals surface area contributed by atoms with Crippen molar-refractivity contribution in [2.45, 2.75) is 40.0 Å². The monoisotopic (exact) mass is 312 g/mol. The molecule has 0 radical (unpaired) electrons. The molecule has 3 nitrogen and oxygen atoms in total. The minimum Gasteiger partial charge on any atom is -0.497 e. The van der Waals surface area contributed by atoms with Gasteiger partial charge in [0.05, 0.1) is 7.11 Å². The van der Waals surface area contributed by atoms with Gasteiger partial charge in [0.1, 0.15) is 17.3 Å². The van der Waals surface area contributed by atoms with Crippen molar-refractivity contribution in [2.75, 3.05) is 7.11 Å². The zero-order chi connectivity index (χ0) is 16.8. The smallest absolute Gasteiger partial charge is 0.167 e. The molecular weight excluding hydrogens is 288 g/mol. The summed E-state index contributed by atoms with van der Waals surface area (Å²) in [6, 6.07) is 7.40. The molecule has 1 aliphatic carbocycles. The first-order chi connectivity index (χ1) is 11.0. The number of methoxy groups -OCH3 is 1. The second kappa shape index (κ2) is 7.82. The summed E-state index contributed by atoms with van der Waals surface area (Å²) < 4.78 is 10.9. The summed E-state index contributed by atoms with van der Waals surface area (Å²) in [6.45, 7) is 6.05. The lowest BCUT2D eigenvalue weighted by Crippen LogP contribution is -2.17. The quantitative estimate of drug-likeness (QED) is 0.525. The SMILES string of the molecule is COc1ccc(O/C(C)=C\C2=C(CCC=C(C)C)CC2=O)cc1. The van der Waals surface area contributed by atoms with Gasteiger partial charge in [-0.3, -0.25) is 4.79 Å². The van der Waals surface area contributed by atoms with E-state index in [0.29, 0.717) is 6.42 Å². The molecule has 0 heterocycles. The number of benzene rings is 1. The number of carbonyl (C=O) groups excluding carboxylic acids is 1. The van der Waals surface area contributed by atoms with Gasteiger partial charge in [0, 0.05) is 12.0 Å². The summed E-state index contributed by atoms with van der Waals surface area (Å²) in [4.78, 5) is 11.8. The lowest BCUT2D eigenvalue weighted by molar-refractivity contribution is -0.116. The molecule has 0 unspecified atom stereocenters. The van der Waals surface area contributed by atoms with E-state index < -0.39 is 0 Å². The molecule has 0 amide bonds. The van der Waals surface area contributed by atoms with Crippen LogP contribution in [0.5, 0.6) is 11.5 Å². The first-order valence-electron chi connectivity index (χ1n) is 7.88. The van der Waals surface area contributed by atoms with E-state index in [1.807, 2.05) is 37.3 Å². The fourth-order valence-corrected chi connectivity index (χ4v) is 2.48. The molecule has 0 atom stereocenters.